The van der Waals surface area contributed by atoms with Gasteiger partial charge in [-0.15, -0.1) is 0 Å². The highest BCUT2D eigenvalue weighted by Gasteiger charge is 2.34. The summed E-state index contributed by atoms with van der Waals surface area (Å²) in [6.45, 7) is 4.87. The number of thioether (sulfide) groups is 1. The quantitative estimate of drug-likeness (QED) is 0.399. The van der Waals surface area contributed by atoms with E-state index in [1.54, 1.807) is 43.5 Å². The molecule has 0 radical (unpaired) electrons. The third-order valence-electron chi connectivity index (χ3n) is 4.56. The second-order valence-electron chi connectivity index (χ2n) is 7.38. The van der Waals surface area contributed by atoms with E-state index < -0.39 is 11.8 Å². The summed E-state index contributed by atoms with van der Waals surface area (Å²) in [7, 11) is 1.57. The third-order valence-corrected chi connectivity index (χ3v) is 6.20. The number of methoxy groups -OCH3 is 1. The van der Waals surface area contributed by atoms with Crippen LogP contribution in [0.4, 0.5) is 0 Å². The van der Waals surface area contributed by atoms with Gasteiger partial charge in [0.25, 0.3) is 11.8 Å². The van der Waals surface area contributed by atoms with Gasteiger partial charge < -0.3 is 9.47 Å². The summed E-state index contributed by atoms with van der Waals surface area (Å²) < 4.78 is 11.5. The van der Waals surface area contributed by atoms with E-state index in [9.17, 15) is 9.59 Å². The zero-order chi connectivity index (χ0) is 23.3. The molecule has 32 heavy (non-hydrogen) atoms. The number of amides is 2. The van der Waals surface area contributed by atoms with Crippen LogP contribution in [-0.4, -0.2) is 34.9 Å². The number of hydrogen-bond donors (Lipinski definition) is 1. The number of thiocarbonyl (C=S) groups is 1. The number of hydrogen-bond acceptors (Lipinski definition) is 6. The molecular formula is C23H23ClN2O4S2. The lowest BCUT2D eigenvalue weighted by Crippen LogP contribution is -2.44. The summed E-state index contributed by atoms with van der Waals surface area (Å²) in [5.41, 5.74) is 3.53. The zero-order valence-electron chi connectivity index (χ0n) is 17.9. The van der Waals surface area contributed by atoms with Gasteiger partial charge in [-0.05, 0) is 60.5 Å². The number of ether oxygens (including phenoxy) is 2. The van der Waals surface area contributed by atoms with Gasteiger partial charge in [-0.3, -0.25) is 15.0 Å². The predicted molar refractivity (Wildman–Crippen MR) is 132 cm³/mol. The molecule has 1 fully saturated rings. The van der Waals surface area contributed by atoms with Gasteiger partial charge >= 0.3 is 0 Å². The Morgan fingerprint density at radius 2 is 2.00 bits per heavy atom. The largest absolute Gasteiger partial charge is 0.493 e. The molecule has 0 aliphatic carbocycles. The zero-order valence-corrected chi connectivity index (χ0v) is 20.3. The molecule has 168 valence electrons. The molecule has 9 heteroatoms. The predicted octanol–water partition coefficient (Wildman–Crippen LogP) is 5.32. The van der Waals surface area contributed by atoms with Crippen LogP contribution in [0, 0.1) is 5.92 Å². The molecule has 0 saturated carbocycles. The Hall–Kier alpha value is -2.55. The van der Waals surface area contributed by atoms with Crippen molar-refractivity contribution in [2.45, 2.75) is 20.3 Å². The fraction of sp³-hybridized carbons (Fsp3) is 0.261. The number of nitrogens with zero attached hydrogens (tertiary/aromatic N) is 1. The molecule has 0 spiro atoms. The summed E-state index contributed by atoms with van der Waals surface area (Å²) in [6.07, 6.45) is 2.63. The summed E-state index contributed by atoms with van der Waals surface area (Å²) in [5, 5.41) is 1.34. The van der Waals surface area contributed by atoms with Crippen LogP contribution in [0.25, 0.3) is 6.08 Å². The molecule has 1 aliphatic rings. The molecule has 0 unspecified atom stereocenters. The van der Waals surface area contributed by atoms with Crippen LogP contribution in [-0.2, 0) is 4.79 Å². The molecular weight excluding hydrogens is 468 g/mol. The SMILES string of the molecule is COc1cc(/C=C2/SC(=S)N(NC(=O)c3ccccc3Cl)C2=O)ccc1OCCC(C)C. The summed E-state index contributed by atoms with van der Waals surface area (Å²) >= 11 is 12.5. The first-order chi connectivity index (χ1) is 15.3. The van der Waals surface area contributed by atoms with Crippen LogP contribution in [0.2, 0.25) is 5.02 Å². The number of benzene rings is 2. The van der Waals surface area contributed by atoms with Gasteiger partial charge in [-0.1, -0.05) is 55.4 Å². The van der Waals surface area contributed by atoms with E-state index in [0.717, 1.165) is 28.8 Å². The molecule has 0 bridgehead atoms. The summed E-state index contributed by atoms with van der Waals surface area (Å²) in [4.78, 5) is 25.7. The minimum atomic E-state index is -0.516. The van der Waals surface area contributed by atoms with Crippen molar-refractivity contribution in [3.05, 3.63) is 63.5 Å². The van der Waals surface area contributed by atoms with Crippen molar-refractivity contribution in [2.24, 2.45) is 5.92 Å². The Morgan fingerprint density at radius 3 is 2.69 bits per heavy atom. The van der Waals surface area contributed by atoms with Crippen molar-refractivity contribution in [3.63, 3.8) is 0 Å². The molecule has 1 N–H and O–H groups in total. The maximum Gasteiger partial charge on any atom is 0.285 e. The number of hydrazine groups is 1. The lowest BCUT2D eigenvalue weighted by molar-refractivity contribution is -0.123. The van der Waals surface area contributed by atoms with E-state index in [4.69, 9.17) is 33.3 Å². The Bertz CT molecular complexity index is 1070. The van der Waals surface area contributed by atoms with Gasteiger partial charge in [0, 0.05) is 0 Å². The second kappa shape index (κ2) is 10.8. The van der Waals surface area contributed by atoms with E-state index >= 15 is 0 Å². The van der Waals surface area contributed by atoms with Crippen LogP contribution in [0.15, 0.2) is 47.4 Å². The van der Waals surface area contributed by atoms with Gasteiger partial charge in [0.05, 0.1) is 29.2 Å². The lowest BCUT2D eigenvalue weighted by Gasteiger charge is -2.16. The molecule has 1 aliphatic heterocycles. The van der Waals surface area contributed by atoms with Gasteiger partial charge in [0.2, 0.25) is 0 Å². The molecule has 0 aromatic heterocycles. The van der Waals surface area contributed by atoms with Crippen molar-refractivity contribution in [3.8, 4) is 11.5 Å². The lowest BCUT2D eigenvalue weighted by atomic mass is 10.1. The van der Waals surface area contributed by atoms with Gasteiger partial charge in [-0.2, -0.15) is 5.01 Å². The van der Waals surface area contributed by atoms with Crippen LogP contribution in [0.3, 0.4) is 0 Å². The third kappa shape index (κ3) is 5.82. The molecule has 2 aromatic rings. The highest BCUT2D eigenvalue weighted by molar-refractivity contribution is 8.26. The fourth-order valence-corrected chi connectivity index (χ4v) is 4.22. The Balaban J connectivity index is 1.74. The Morgan fingerprint density at radius 1 is 1.25 bits per heavy atom. The summed E-state index contributed by atoms with van der Waals surface area (Å²) in [6, 6.07) is 12.0. The highest BCUT2D eigenvalue weighted by atomic mass is 35.5. The van der Waals surface area contributed by atoms with Crippen molar-refractivity contribution < 1.29 is 19.1 Å². The van der Waals surface area contributed by atoms with Crippen LogP contribution in [0.1, 0.15) is 36.2 Å². The molecule has 1 heterocycles. The van der Waals surface area contributed by atoms with Gasteiger partial charge in [-0.25, -0.2) is 0 Å². The topological polar surface area (TPSA) is 67.9 Å². The first-order valence-electron chi connectivity index (χ1n) is 9.94. The Kier molecular flexibility index (Phi) is 8.17. The van der Waals surface area contributed by atoms with Crippen LogP contribution < -0.4 is 14.9 Å². The molecule has 2 aromatic carbocycles. The van der Waals surface area contributed by atoms with E-state index in [1.165, 1.54) is 0 Å². The van der Waals surface area contributed by atoms with Crippen molar-refractivity contribution in [2.75, 3.05) is 13.7 Å². The van der Waals surface area contributed by atoms with Gasteiger partial charge in [0.15, 0.2) is 15.8 Å². The minimum Gasteiger partial charge on any atom is -0.493 e. The van der Waals surface area contributed by atoms with E-state index in [-0.39, 0.29) is 14.9 Å². The average Bonchev–Trinajstić information content (AvgIpc) is 3.01. The first-order valence-corrected chi connectivity index (χ1v) is 11.5. The summed E-state index contributed by atoms with van der Waals surface area (Å²) in [5.74, 6) is 0.824. The molecule has 2 amide bonds. The molecule has 6 nitrogen and oxygen atoms in total. The maximum absolute atomic E-state index is 12.8. The fourth-order valence-electron chi connectivity index (χ4n) is 2.82. The van der Waals surface area contributed by atoms with Crippen molar-refractivity contribution in [1.29, 1.82) is 0 Å². The number of nitrogens with one attached hydrogen (secondary N) is 1. The number of rotatable bonds is 8. The second-order valence-corrected chi connectivity index (χ2v) is 9.46. The van der Waals surface area contributed by atoms with E-state index in [1.807, 2.05) is 12.1 Å². The standard InChI is InChI=1S/C23H23ClN2O4S2/c1-14(2)10-11-30-18-9-8-15(12-19(18)29-3)13-20-22(28)26(23(31)32-20)25-21(27)16-6-4-5-7-17(16)24/h4-9,12-14H,10-11H2,1-3H3,(H,25,27)/b20-13+. The number of carbonyl (C=O) groups is 2. The molecule has 0 atom stereocenters. The highest BCUT2D eigenvalue weighted by Crippen LogP contribution is 2.34. The van der Waals surface area contributed by atoms with Gasteiger partial charge in [0.1, 0.15) is 0 Å². The van der Waals surface area contributed by atoms with Crippen molar-refractivity contribution in [1.82, 2.24) is 10.4 Å². The molecule has 3 rings (SSSR count). The monoisotopic (exact) mass is 490 g/mol. The van der Waals surface area contributed by atoms with E-state index in [2.05, 4.69) is 19.3 Å². The van der Waals surface area contributed by atoms with Crippen LogP contribution in [0.5, 0.6) is 11.5 Å². The maximum atomic E-state index is 12.8. The number of carbonyl (C=O) groups excluding carboxylic acids is 2. The normalized spacial score (nSPS) is 14.9. The van der Waals surface area contributed by atoms with Crippen molar-refractivity contribution >= 4 is 57.8 Å². The first kappa shape index (κ1) is 24.1. The minimum absolute atomic E-state index is 0.224. The smallest absolute Gasteiger partial charge is 0.285 e. The molecule has 1 saturated heterocycles. The Labute approximate surface area is 201 Å². The van der Waals surface area contributed by atoms with E-state index in [0.29, 0.717) is 28.9 Å². The average molecular weight is 491 g/mol. The number of halogens is 1. The van der Waals surface area contributed by atoms with Crippen LogP contribution >= 0.6 is 35.6 Å².